The van der Waals surface area contributed by atoms with E-state index in [2.05, 4.69) is 11.4 Å². The van der Waals surface area contributed by atoms with Crippen LogP contribution in [0.25, 0.3) is 0 Å². The molecule has 0 bridgehead atoms. The lowest BCUT2D eigenvalue weighted by atomic mass is 9.81. The SMILES string of the molecule is CNC(=O)N1C(C(C)(C)C)N(C)C(=O)C1(Cc1ccccc1)c1ccc(C#N)cc1. The van der Waals surface area contributed by atoms with Crippen LogP contribution in [0.1, 0.15) is 37.5 Å². The normalized spacial score (nSPS) is 21.5. The highest BCUT2D eigenvalue weighted by atomic mass is 16.2. The summed E-state index contributed by atoms with van der Waals surface area (Å²) >= 11 is 0. The third-order valence-electron chi connectivity index (χ3n) is 5.70. The molecule has 1 aliphatic heterocycles. The first-order valence-corrected chi connectivity index (χ1v) is 9.99. The number of nitrogens with one attached hydrogen (secondary N) is 1. The van der Waals surface area contributed by atoms with E-state index in [0.29, 0.717) is 17.5 Å². The molecule has 2 aromatic carbocycles. The number of benzene rings is 2. The number of carbonyl (C=O) groups excluding carboxylic acids is 2. The van der Waals surface area contributed by atoms with E-state index in [1.165, 1.54) is 0 Å². The van der Waals surface area contributed by atoms with E-state index in [0.717, 1.165) is 5.56 Å². The Bertz CT molecular complexity index is 973. The van der Waals surface area contributed by atoms with Gasteiger partial charge in [0, 0.05) is 25.9 Å². The standard InChI is InChI=1S/C24H28N4O2/c1-23(2,3)20-27(5)21(29)24(28(20)22(30)26-4,15-17-9-7-6-8-10-17)19-13-11-18(16-25)12-14-19/h6-14,20H,15H2,1-5H3,(H,26,30). The van der Waals surface area contributed by atoms with E-state index < -0.39 is 11.7 Å². The zero-order chi connectivity index (χ0) is 22.1. The van der Waals surface area contributed by atoms with Crippen molar-refractivity contribution in [1.29, 1.82) is 5.26 Å². The third kappa shape index (κ3) is 3.41. The highest BCUT2D eigenvalue weighted by molar-refractivity contribution is 5.96. The van der Waals surface area contributed by atoms with Crippen LogP contribution in [0.3, 0.4) is 0 Å². The molecule has 0 saturated carbocycles. The summed E-state index contributed by atoms with van der Waals surface area (Å²) in [6, 6.07) is 18.5. The Morgan fingerprint density at radius 2 is 1.73 bits per heavy atom. The zero-order valence-electron chi connectivity index (χ0n) is 18.1. The molecule has 0 aliphatic carbocycles. The van der Waals surface area contributed by atoms with Crippen LogP contribution in [0.15, 0.2) is 54.6 Å². The van der Waals surface area contributed by atoms with Crippen molar-refractivity contribution in [3.63, 3.8) is 0 Å². The molecule has 1 fully saturated rings. The van der Waals surface area contributed by atoms with E-state index >= 15 is 0 Å². The molecule has 6 heteroatoms. The summed E-state index contributed by atoms with van der Waals surface area (Å²) in [4.78, 5) is 30.5. The average Bonchev–Trinajstić information content (AvgIpc) is 2.96. The Morgan fingerprint density at radius 3 is 2.23 bits per heavy atom. The Kier molecular flexibility index (Phi) is 5.58. The summed E-state index contributed by atoms with van der Waals surface area (Å²) < 4.78 is 0. The summed E-state index contributed by atoms with van der Waals surface area (Å²) in [5, 5.41) is 12.0. The van der Waals surface area contributed by atoms with Crippen LogP contribution in [-0.4, -0.2) is 42.0 Å². The second-order valence-corrected chi connectivity index (χ2v) is 8.79. The Balaban J connectivity index is 2.30. The van der Waals surface area contributed by atoms with Crippen LogP contribution >= 0.6 is 0 Å². The molecule has 3 rings (SSSR count). The number of carbonyl (C=O) groups is 2. The first kappa shape index (κ1) is 21.4. The van der Waals surface area contributed by atoms with Gasteiger partial charge in [-0.15, -0.1) is 0 Å². The van der Waals surface area contributed by atoms with Gasteiger partial charge in [0.25, 0.3) is 5.91 Å². The topological polar surface area (TPSA) is 76.4 Å². The summed E-state index contributed by atoms with van der Waals surface area (Å²) in [7, 11) is 3.33. The van der Waals surface area contributed by atoms with Gasteiger partial charge in [-0.2, -0.15) is 5.26 Å². The van der Waals surface area contributed by atoms with Crippen LogP contribution < -0.4 is 5.32 Å². The molecule has 3 amide bonds. The maximum atomic E-state index is 13.9. The number of hydrogen-bond donors (Lipinski definition) is 1. The van der Waals surface area contributed by atoms with Gasteiger partial charge in [0.2, 0.25) is 0 Å². The molecule has 1 heterocycles. The van der Waals surface area contributed by atoms with Crippen molar-refractivity contribution in [2.75, 3.05) is 14.1 Å². The predicted octanol–water partition coefficient (Wildman–Crippen LogP) is 3.48. The molecule has 0 aromatic heterocycles. The number of likely N-dealkylation sites (N-methyl/N-ethyl adjacent to an activating group) is 1. The average molecular weight is 405 g/mol. The molecule has 1 saturated heterocycles. The van der Waals surface area contributed by atoms with Crippen molar-refractivity contribution in [2.45, 2.75) is 38.9 Å². The summed E-state index contributed by atoms with van der Waals surface area (Å²) in [6.45, 7) is 6.07. The highest BCUT2D eigenvalue weighted by Gasteiger charge is 2.61. The lowest BCUT2D eigenvalue weighted by Gasteiger charge is -2.43. The quantitative estimate of drug-likeness (QED) is 0.851. The van der Waals surface area contributed by atoms with E-state index in [4.69, 9.17) is 0 Å². The molecule has 0 radical (unpaired) electrons. The molecule has 0 spiro atoms. The third-order valence-corrected chi connectivity index (χ3v) is 5.70. The first-order chi connectivity index (χ1) is 14.2. The van der Waals surface area contributed by atoms with E-state index in [1.54, 1.807) is 48.2 Å². The highest BCUT2D eigenvalue weighted by Crippen LogP contribution is 2.46. The number of nitrogens with zero attached hydrogens (tertiary/aromatic N) is 3. The minimum Gasteiger partial charge on any atom is -0.341 e. The van der Waals surface area contributed by atoms with E-state index in [-0.39, 0.29) is 17.4 Å². The molecular formula is C24H28N4O2. The number of urea groups is 1. The van der Waals surface area contributed by atoms with E-state index in [1.807, 2.05) is 51.1 Å². The number of rotatable bonds is 3. The van der Waals surface area contributed by atoms with Gasteiger partial charge in [-0.05, 0) is 23.3 Å². The van der Waals surface area contributed by atoms with Crippen LogP contribution in [0, 0.1) is 16.7 Å². The van der Waals surface area contributed by atoms with Crippen molar-refractivity contribution in [3.8, 4) is 6.07 Å². The molecular weight excluding hydrogens is 376 g/mol. The van der Waals surface area contributed by atoms with Gasteiger partial charge in [0.1, 0.15) is 6.17 Å². The van der Waals surface area contributed by atoms with Crippen LogP contribution in [0.5, 0.6) is 0 Å². The molecule has 1 aliphatic rings. The maximum Gasteiger partial charge on any atom is 0.319 e. The summed E-state index contributed by atoms with van der Waals surface area (Å²) in [6.07, 6.45) is -0.104. The fraction of sp³-hybridized carbons (Fsp3) is 0.375. The lowest BCUT2D eigenvalue weighted by molar-refractivity contribution is -0.133. The molecule has 6 nitrogen and oxygen atoms in total. The van der Waals surface area contributed by atoms with Crippen LogP contribution in [0.2, 0.25) is 0 Å². The maximum absolute atomic E-state index is 13.9. The van der Waals surface area contributed by atoms with Crippen molar-refractivity contribution in [1.82, 2.24) is 15.1 Å². The monoisotopic (exact) mass is 404 g/mol. The van der Waals surface area contributed by atoms with E-state index in [9.17, 15) is 14.9 Å². The fourth-order valence-corrected chi connectivity index (χ4v) is 4.50. The molecule has 1 N–H and O–H groups in total. The minimum absolute atomic E-state index is 0.139. The molecule has 2 aromatic rings. The second kappa shape index (κ2) is 7.83. The number of amides is 3. The van der Waals surface area contributed by atoms with Gasteiger partial charge in [-0.3, -0.25) is 9.69 Å². The Hall–Kier alpha value is -3.33. The predicted molar refractivity (Wildman–Crippen MR) is 115 cm³/mol. The second-order valence-electron chi connectivity index (χ2n) is 8.79. The van der Waals surface area contributed by atoms with Gasteiger partial charge >= 0.3 is 6.03 Å². The first-order valence-electron chi connectivity index (χ1n) is 9.99. The van der Waals surface area contributed by atoms with Crippen molar-refractivity contribution in [3.05, 3.63) is 71.3 Å². The number of hydrogen-bond acceptors (Lipinski definition) is 3. The largest absolute Gasteiger partial charge is 0.341 e. The molecule has 2 unspecified atom stereocenters. The Labute approximate surface area is 178 Å². The van der Waals surface area contributed by atoms with Crippen LogP contribution in [-0.2, 0) is 16.8 Å². The van der Waals surface area contributed by atoms with Crippen molar-refractivity contribution in [2.24, 2.45) is 5.41 Å². The number of nitriles is 1. The molecule has 2 atom stereocenters. The van der Waals surface area contributed by atoms with Gasteiger partial charge in [0.15, 0.2) is 5.54 Å². The summed E-state index contributed by atoms with van der Waals surface area (Å²) in [5.74, 6) is -0.139. The van der Waals surface area contributed by atoms with Gasteiger partial charge in [-0.25, -0.2) is 4.79 Å². The molecule has 156 valence electrons. The lowest BCUT2D eigenvalue weighted by Crippen LogP contribution is -2.58. The Morgan fingerprint density at radius 1 is 1.13 bits per heavy atom. The van der Waals surface area contributed by atoms with Crippen molar-refractivity contribution >= 4 is 11.9 Å². The summed E-state index contributed by atoms with van der Waals surface area (Å²) in [5.41, 5.74) is 0.556. The smallest absolute Gasteiger partial charge is 0.319 e. The van der Waals surface area contributed by atoms with Crippen LogP contribution in [0.4, 0.5) is 4.79 Å². The van der Waals surface area contributed by atoms with Gasteiger partial charge in [-0.1, -0.05) is 63.2 Å². The van der Waals surface area contributed by atoms with Crippen molar-refractivity contribution < 1.29 is 9.59 Å². The minimum atomic E-state index is -1.22. The van der Waals surface area contributed by atoms with Gasteiger partial charge in [0.05, 0.1) is 11.6 Å². The zero-order valence-corrected chi connectivity index (χ0v) is 18.1. The molecule has 30 heavy (non-hydrogen) atoms. The van der Waals surface area contributed by atoms with Gasteiger partial charge < -0.3 is 10.2 Å². The fourth-order valence-electron chi connectivity index (χ4n) is 4.50.